The van der Waals surface area contributed by atoms with Gasteiger partial charge in [-0.3, -0.25) is 0 Å². The van der Waals surface area contributed by atoms with Crippen molar-refractivity contribution in [1.29, 1.82) is 0 Å². The molecule has 0 aromatic rings. The fourth-order valence-corrected chi connectivity index (χ4v) is 0.604. The van der Waals surface area contributed by atoms with Crippen molar-refractivity contribution in [1.82, 2.24) is 0 Å². The van der Waals surface area contributed by atoms with E-state index in [1.54, 1.807) is 0 Å². The van der Waals surface area contributed by atoms with Crippen molar-refractivity contribution in [2.24, 2.45) is 0 Å². The minimum absolute atomic E-state index is 0.155. The lowest BCUT2D eigenvalue weighted by Crippen LogP contribution is -1.78. The van der Waals surface area contributed by atoms with Crippen LogP contribution in [0.15, 0.2) is 23.3 Å². The Morgan fingerprint density at radius 3 is 2.20 bits per heavy atom. The predicted octanol–water partition coefficient (Wildman–Crippen LogP) is 2.28. The van der Waals surface area contributed by atoms with Crippen LogP contribution in [0.2, 0.25) is 0 Å². The highest BCUT2D eigenvalue weighted by Gasteiger charge is 1.83. The number of allylic oxidation sites excluding steroid dienone is 3. The standard InChI is InChI=1S/C9H16O/c1-8(2)4-5-9(3)6-7-10/h4,6,10H,5,7H2,1-3H3/b9-6+. The van der Waals surface area contributed by atoms with Gasteiger partial charge in [0, 0.05) is 0 Å². The first-order valence-electron chi connectivity index (χ1n) is 3.56. The molecule has 0 rings (SSSR count). The Labute approximate surface area is 63.1 Å². The van der Waals surface area contributed by atoms with Gasteiger partial charge in [-0.25, -0.2) is 0 Å². The Bertz CT molecular complexity index is 139. The highest BCUT2D eigenvalue weighted by atomic mass is 16.2. The first kappa shape index (κ1) is 9.44. The van der Waals surface area contributed by atoms with Crippen LogP contribution in [0.5, 0.6) is 0 Å². The van der Waals surface area contributed by atoms with Crippen molar-refractivity contribution in [2.45, 2.75) is 27.2 Å². The summed E-state index contributed by atoms with van der Waals surface area (Å²) in [7, 11) is 0. The highest BCUT2D eigenvalue weighted by Crippen LogP contribution is 2.02. The van der Waals surface area contributed by atoms with Gasteiger partial charge in [0.15, 0.2) is 0 Å². The summed E-state index contributed by atoms with van der Waals surface area (Å²) >= 11 is 0. The fourth-order valence-electron chi connectivity index (χ4n) is 0.604. The summed E-state index contributed by atoms with van der Waals surface area (Å²) < 4.78 is 0. The van der Waals surface area contributed by atoms with Gasteiger partial charge in [0.1, 0.15) is 0 Å². The zero-order valence-electron chi connectivity index (χ0n) is 7.02. The van der Waals surface area contributed by atoms with E-state index in [9.17, 15) is 0 Å². The third-order valence-electron chi connectivity index (χ3n) is 1.27. The Morgan fingerprint density at radius 2 is 1.80 bits per heavy atom. The van der Waals surface area contributed by atoms with Crippen LogP contribution in [0.4, 0.5) is 0 Å². The molecule has 0 saturated heterocycles. The van der Waals surface area contributed by atoms with Crippen molar-refractivity contribution in [3.8, 4) is 0 Å². The number of aliphatic hydroxyl groups excluding tert-OH is 1. The Morgan fingerprint density at radius 1 is 1.20 bits per heavy atom. The van der Waals surface area contributed by atoms with E-state index in [2.05, 4.69) is 19.9 Å². The first-order valence-corrected chi connectivity index (χ1v) is 3.56. The summed E-state index contributed by atoms with van der Waals surface area (Å²) in [5, 5.41) is 8.50. The molecule has 0 atom stereocenters. The molecule has 0 aromatic heterocycles. The summed E-state index contributed by atoms with van der Waals surface area (Å²) in [6.07, 6.45) is 4.95. The van der Waals surface area contributed by atoms with Crippen molar-refractivity contribution < 1.29 is 5.11 Å². The van der Waals surface area contributed by atoms with Gasteiger partial charge in [0.05, 0.1) is 6.61 Å². The number of hydrogen-bond donors (Lipinski definition) is 1. The molecule has 0 aromatic carbocycles. The molecule has 0 fully saturated rings. The molecule has 58 valence electrons. The van der Waals surface area contributed by atoms with Crippen LogP contribution in [0.3, 0.4) is 0 Å². The second-order valence-electron chi connectivity index (χ2n) is 2.72. The maximum atomic E-state index is 8.50. The average Bonchev–Trinajstić information content (AvgIpc) is 1.85. The van der Waals surface area contributed by atoms with Gasteiger partial charge < -0.3 is 5.11 Å². The van der Waals surface area contributed by atoms with E-state index in [0.29, 0.717) is 0 Å². The Balaban J connectivity index is 3.69. The molecule has 10 heavy (non-hydrogen) atoms. The van der Waals surface area contributed by atoms with Crippen LogP contribution in [-0.2, 0) is 0 Å². The van der Waals surface area contributed by atoms with Crippen molar-refractivity contribution >= 4 is 0 Å². The normalized spacial score (nSPS) is 11.4. The van der Waals surface area contributed by atoms with Gasteiger partial charge in [0.2, 0.25) is 0 Å². The Kier molecular flexibility index (Phi) is 4.95. The van der Waals surface area contributed by atoms with E-state index in [-0.39, 0.29) is 6.61 Å². The molecular weight excluding hydrogens is 124 g/mol. The molecule has 0 radical (unpaired) electrons. The van der Waals surface area contributed by atoms with Crippen LogP contribution in [0, 0.1) is 0 Å². The lowest BCUT2D eigenvalue weighted by atomic mass is 10.1. The van der Waals surface area contributed by atoms with Crippen LogP contribution < -0.4 is 0 Å². The molecule has 0 saturated carbocycles. The number of rotatable bonds is 3. The second-order valence-corrected chi connectivity index (χ2v) is 2.72. The molecule has 0 amide bonds. The summed E-state index contributed by atoms with van der Waals surface area (Å²) in [5.41, 5.74) is 2.55. The van der Waals surface area contributed by atoms with E-state index >= 15 is 0 Å². The van der Waals surface area contributed by atoms with E-state index in [0.717, 1.165) is 6.42 Å². The quantitative estimate of drug-likeness (QED) is 0.596. The molecule has 0 heterocycles. The van der Waals surface area contributed by atoms with Gasteiger partial charge in [-0.2, -0.15) is 0 Å². The van der Waals surface area contributed by atoms with E-state index in [4.69, 9.17) is 5.11 Å². The number of hydrogen-bond acceptors (Lipinski definition) is 1. The first-order chi connectivity index (χ1) is 4.66. The molecule has 1 N–H and O–H groups in total. The van der Waals surface area contributed by atoms with Crippen molar-refractivity contribution in [3.05, 3.63) is 23.3 Å². The van der Waals surface area contributed by atoms with Crippen molar-refractivity contribution in [2.75, 3.05) is 6.61 Å². The van der Waals surface area contributed by atoms with Crippen LogP contribution in [0.25, 0.3) is 0 Å². The topological polar surface area (TPSA) is 20.2 Å². The van der Waals surface area contributed by atoms with Crippen molar-refractivity contribution in [3.63, 3.8) is 0 Å². The maximum absolute atomic E-state index is 8.50. The van der Waals surface area contributed by atoms with E-state index in [1.807, 2.05) is 13.0 Å². The third kappa shape index (κ3) is 5.57. The predicted molar refractivity (Wildman–Crippen MR) is 44.9 cm³/mol. The molecule has 1 heteroatoms. The molecule has 0 unspecified atom stereocenters. The van der Waals surface area contributed by atoms with Gasteiger partial charge in [0.25, 0.3) is 0 Å². The van der Waals surface area contributed by atoms with Crippen LogP contribution in [0.1, 0.15) is 27.2 Å². The lowest BCUT2D eigenvalue weighted by molar-refractivity contribution is 0.341. The maximum Gasteiger partial charge on any atom is 0.0615 e. The molecular formula is C9H16O. The monoisotopic (exact) mass is 140 g/mol. The molecule has 1 nitrogen and oxygen atoms in total. The average molecular weight is 140 g/mol. The van der Waals surface area contributed by atoms with Gasteiger partial charge >= 0.3 is 0 Å². The summed E-state index contributed by atoms with van der Waals surface area (Å²) in [4.78, 5) is 0. The zero-order valence-corrected chi connectivity index (χ0v) is 7.02. The van der Waals surface area contributed by atoms with Crippen LogP contribution >= 0.6 is 0 Å². The molecule has 0 aliphatic heterocycles. The minimum atomic E-state index is 0.155. The van der Waals surface area contributed by atoms with E-state index in [1.165, 1.54) is 11.1 Å². The van der Waals surface area contributed by atoms with Gasteiger partial charge in [-0.1, -0.05) is 23.3 Å². The summed E-state index contributed by atoms with van der Waals surface area (Å²) in [6.45, 7) is 6.33. The van der Waals surface area contributed by atoms with Gasteiger partial charge in [-0.15, -0.1) is 0 Å². The fraction of sp³-hybridized carbons (Fsp3) is 0.556. The Hall–Kier alpha value is -0.560. The molecule has 0 aliphatic carbocycles. The smallest absolute Gasteiger partial charge is 0.0615 e. The SMILES string of the molecule is CC(C)=CC/C(C)=C/CO. The third-order valence-corrected chi connectivity index (χ3v) is 1.27. The highest BCUT2D eigenvalue weighted by molar-refractivity contribution is 5.07. The summed E-state index contributed by atoms with van der Waals surface area (Å²) in [5.74, 6) is 0. The minimum Gasteiger partial charge on any atom is -0.392 e. The van der Waals surface area contributed by atoms with Gasteiger partial charge in [-0.05, 0) is 27.2 Å². The van der Waals surface area contributed by atoms with Crippen LogP contribution in [-0.4, -0.2) is 11.7 Å². The lowest BCUT2D eigenvalue weighted by Gasteiger charge is -1.94. The molecule has 0 bridgehead atoms. The second kappa shape index (κ2) is 5.24. The summed E-state index contributed by atoms with van der Waals surface area (Å²) in [6, 6.07) is 0. The molecule has 0 spiro atoms. The van der Waals surface area contributed by atoms with E-state index < -0.39 is 0 Å². The zero-order chi connectivity index (χ0) is 7.98. The largest absolute Gasteiger partial charge is 0.392 e. The molecule has 0 aliphatic rings. The number of aliphatic hydroxyl groups is 1.